The van der Waals surface area contributed by atoms with Crippen LogP contribution in [-0.4, -0.2) is 16.7 Å². The molecule has 1 aromatic heterocycles. The van der Waals surface area contributed by atoms with Gasteiger partial charge in [-0.1, -0.05) is 18.1 Å². The molecule has 98 valence electrons. The minimum atomic E-state index is 0.162. The van der Waals surface area contributed by atoms with Crippen LogP contribution in [0.2, 0.25) is 0 Å². The van der Waals surface area contributed by atoms with Crippen LogP contribution in [0.15, 0.2) is 22.7 Å². The van der Waals surface area contributed by atoms with Gasteiger partial charge in [-0.05, 0) is 43.4 Å². The average molecular weight is 255 g/mol. The molecule has 0 spiro atoms. The molecule has 4 nitrogen and oxygen atoms in total. The van der Waals surface area contributed by atoms with E-state index in [0.717, 1.165) is 30.8 Å². The van der Waals surface area contributed by atoms with Crippen LogP contribution in [0.1, 0.15) is 37.6 Å². The number of hydrogen-bond acceptors (Lipinski definition) is 4. The van der Waals surface area contributed by atoms with Gasteiger partial charge in [0, 0.05) is 23.2 Å². The molecule has 1 fully saturated rings. The molecule has 0 unspecified atom stereocenters. The van der Waals surface area contributed by atoms with Crippen molar-refractivity contribution in [2.75, 3.05) is 11.9 Å². The molecule has 1 aliphatic heterocycles. The van der Waals surface area contributed by atoms with Crippen molar-refractivity contribution in [2.45, 2.75) is 38.0 Å². The van der Waals surface area contributed by atoms with Gasteiger partial charge in [0.2, 0.25) is 0 Å². The van der Waals surface area contributed by atoms with Gasteiger partial charge in [0.1, 0.15) is 0 Å². The van der Waals surface area contributed by atoms with Crippen molar-refractivity contribution < 1.29 is 4.52 Å². The fourth-order valence-corrected chi connectivity index (χ4v) is 2.70. The average Bonchev–Trinajstić information content (AvgIpc) is 3.02. The third kappa shape index (κ3) is 1.74. The number of fused-ring (bicyclic) bond motifs is 1. The van der Waals surface area contributed by atoms with Crippen molar-refractivity contribution in [3.63, 3.8) is 0 Å². The first-order valence-corrected chi connectivity index (χ1v) is 6.97. The van der Waals surface area contributed by atoms with Crippen LogP contribution in [0.3, 0.4) is 0 Å². The fourth-order valence-electron chi connectivity index (χ4n) is 2.70. The lowest BCUT2D eigenvalue weighted by molar-refractivity contribution is 0.415. The summed E-state index contributed by atoms with van der Waals surface area (Å²) in [6, 6.07) is 6.25. The Morgan fingerprint density at radius 1 is 1.32 bits per heavy atom. The topological polar surface area (TPSA) is 51.0 Å². The minimum absolute atomic E-state index is 0.162. The zero-order chi connectivity index (χ0) is 12.9. The summed E-state index contributed by atoms with van der Waals surface area (Å²) in [6.45, 7) is 3.24. The van der Waals surface area contributed by atoms with Crippen LogP contribution in [0.5, 0.6) is 0 Å². The maximum atomic E-state index is 5.49. The summed E-state index contributed by atoms with van der Waals surface area (Å²) in [5.74, 6) is 1.53. The number of rotatable bonds is 2. The Morgan fingerprint density at radius 2 is 2.21 bits per heavy atom. The Kier molecular flexibility index (Phi) is 2.22. The van der Waals surface area contributed by atoms with Gasteiger partial charge in [-0.2, -0.15) is 4.98 Å². The highest BCUT2D eigenvalue weighted by Gasteiger charge is 2.43. The molecule has 1 aliphatic carbocycles. The lowest BCUT2D eigenvalue weighted by atomic mass is 9.97. The Bertz CT molecular complexity index is 628. The first-order valence-electron chi connectivity index (χ1n) is 6.97. The van der Waals surface area contributed by atoms with Crippen LogP contribution in [0.25, 0.3) is 11.5 Å². The van der Waals surface area contributed by atoms with Gasteiger partial charge in [-0.15, -0.1) is 0 Å². The van der Waals surface area contributed by atoms with Gasteiger partial charge in [0.25, 0.3) is 5.89 Å². The Balaban J connectivity index is 1.78. The van der Waals surface area contributed by atoms with Gasteiger partial charge in [0.15, 0.2) is 5.82 Å². The highest BCUT2D eigenvalue weighted by molar-refractivity contribution is 5.69. The SMILES string of the molecule is CC1(c2noc(-c3cccc4c3CCCN4)n2)CC1. The molecule has 4 heteroatoms. The van der Waals surface area contributed by atoms with E-state index in [1.54, 1.807) is 0 Å². The molecule has 0 saturated heterocycles. The van der Waals surface area contributed by atoms with E-state index in [0.29, 0.717) is 5.89 Å². The zero-order valence-corrected chi connectivity index (χ0v) is 11.1. The zero-order valence-electron chi connectivity index (χ0n) is 11.1. The predicted octanol–water partition coefficient (Wildman–Crippen LogP) is 3.15. The van der Waals surface area contributed by atoms with Crippen LogP contribution >= 0.6 is 0 Å². The molecule has 0 atom stereocenters. The van der Waals surface area contributed by atoms with Crippen molar-refractivity contribution in [2.24, 2.45) is 0 Å². The van der Waals surface area contributed by atoms with Crippen LogP contribution in [0, 0.1) is 0 Å². The molecule has 1 N–H and O–H groups in total. The van der Waals surface area contributed by atoms with E-state index in [-0.39, 0.29) is 5.41 Å². The summed E-state index contributed by atoms with van der Waals surface area (Å²) in [5.41, 5.74) is 3.77. The standard InChI is InChI=1S/C15H17N3O/c1-15(7-8-15)14-17-13(19-18-14)11-4-2-6-12-10(11)5-3-9-16-12/h2,4,6,16H,3,5,7-9H2,1H3. The van der Waals surface area contributed by atoms with E-state index in [2.05, 4.69) is 40.6 Å². The first kappa shape index (κ1) is 11.0. The smallest absolute Gasteiger partial charge is 0.258 e. The predicted molar refractivity (Wildman–Crippen MR) is 73.1 cm³/mol. The number of anilines is 1. The number of hydrogen-bond donors (Lipinski definition) is 1. The molecule has 1 aromatic carbocycles. The molecule has 1 saturated carbocycles. The van der Waals surface area contributed by atoms with Crippen molar-refractivity contribution in [1.29, 1.82) is 0 Å². The number of nitrogens with one attached hydrogen (secondary N) is 1. The fraction of sp³-hybridized carbons (Fsp3) is 0.467. The van der Waals surface area contributed by atoms with E-state index in [1.807, 2.05) is 0 Å². The van der Waals surface area contributed by atoms with Crippen molar-refractivity contribution in [3.05, 3.63) is 29.6 Å². The van der Waals surface area contributed by atoms with Crippen LogP contribution in [-0.2, 0) is 11.8 Å². The molecule has 2 heterocycles. The third-order valence-electron chi connectivity index (χ3n) is 4.29. The molecule has 0 bridgehead atoms. The van der Waals surface area contributed by atoms with Crippen LogP contribution < -0.4 is 5.32 Å². The van der Waals surface area contributed by atoms with E-state index < -0.39 is 0 Å². The molecule has 4 rings (SSSR count). The molecule has 19 heavy (non-hydrogen) atoms. The maximum Gasteiger partial charge on any atom is 0.258 e. The number of aromatic nitrogens is 2. The van der Waals surface area contributed by atoms with Crippen molar-refractivity contribution in [1.82, 2.24) is 10.1 Å². The monoisotopic (exact) mass is 255 g/mol. The highest BCUT2D eigenvalue weighted by atomic mass is 16.5. The van der Waals surface area contributed by atoms with E-state index in [9.17, 15) is 0 Å². The van der Waals surface area contributed by atoms with Gasteiger partial charge < -0.3 is 9.84 Å². The summed E-state index contributed by atoms with van der Waals surface area (Å²) >= 11 is 0. The molecule has 0 radical (unpaired) electrons. The molecule has 2 aromatic rings. The Labute approximate surface area is 112 Å². The molecular formula is C15H17N3O. The minimum Gasteiger partial charge on any atom is -0.385 e. The van der Waals surface area contributed by atoms with Crippen molar-refractivity contribution in [3.8, 4) is 11.5 Å². The lowest BCUT2D eigenvalue weighted by Crippen LogP contribution is -2.12. The third-order valence-corrected chi connectivity index (χ3v) is 4.29. The van der Waals surface area contributed by atoms with E-state index >= 15 is 0 Å². The molecular weight excluding hydrogens is 238 g/mol. The number of benzene rings is 1. The second kappa shape index (κ2) is 3.83. The summed E-state index contributed by atoms with van der Waals surface area (Å²) < 4.78 is 5.49. The van der Waals surface area contributed by atoms with Crippen molar-refractivity contribution >= 4 is 5.69 Å². The Morgan fingerprint density at radius 3 is 3.05 bits per heavy atom. The van der Waals surface area contributed by atoms with Gasteiger partial charge in [-0.3, -0.25) is 0 Å². The second-order valence-electron chi connectivity index (χ2n) is 5.85. The Hall–Kier alpha value is -1.84. The summed E-state index contributed by atoms with van der Waals surface area (Å²) in [6.07, 6.45) is 4.57. The normalized spacial score (nSPS) is 19.6. The lowest BCUT2D eigenvalue weighted by Gasteiger charge is -2.19. The largest absolute Gasteiger partial charge is 0.385 e. The van der Waals surface area contributed by atoms with Crippen LogP contribution in [0.4, 0.5) is 5.69 Å². The van der Waals surface area contributed by atoms with E-state index in [1.165, 1.54) is 24.1 Å². The maximum absolute atomic E-state index is 5.49. The summed E-state index contributed by atoms with van der Waals surface area (Å²) in [4.78, 5) is 4.62. The molecule has 2 aliphatic rings. The summed E-state index contributed by atoms with van der Waals surface area (Å²) in [7, 11) is 0. The van der Waals surface area contributed by atoms with Gasteiger partial charge in [-0.25, -0.2) is 0 Å². The number of nitrogens with zero attached hydrogens (tertiary/aromatic N) is 2. The molecule has 0 amide bonds. The van der Waals surface area contributed by atoms with Gasteiger partial charge in [0.05, 0.1) is 0 Å². The summed E-state index contributed by atoms with van der Waals surface area (Å²) in [5, 5.41) is 7.60. The van der Waals surface area contributed by atoms with Gasteiger partial charge >= 0.3 is 0 Å². The highest BCUT2D eigenvalue weighted by Crippen LogP contribution is 2.46. The van der Waals surface area contributed by atoms with E-state index in [4.69, 9.17) is 4.52 Å². The first-order chi connectivity index (χ1) is 9.26. The quantitative estimate of drug-likeness (QED) is 0.895. The second-order valence-corrected chi connectivity index (χ2v) is 5.85.